The number of hydrogen-bond acceptors (Lipinski definition) is 5. The van der Waals surface area contributed by atoms with E-state index in [2.05, 4.69) is 6.92 Å². The zero-order valence-corrected chi connectivity index (χ0v) is 15.6. The Balaban J connectivity index is 1.70. The van der Waals surface area contributed by atoms with Crippen LogP contribution in [0.15, 0.2) is 23.1 Å². The molecule has 1 aliphatic heterocycles. The highest BCUT2D eigenvalue weighted by atomic mass is 32.2. The Morgan fingerprint density at radius 3 is 2.20 bits per heavy atom. The third kappa shape index (κ3) is 3.46. The molecular weight excluding hydrogens is 344 g/mol. The molecule has 0 unspecified atom stereocenters. The van der Waals surface area contributed by atoms with E-state index >= 15 is 0 Å². The number of carbonyl (C=O) groups is 1. The van der Waals surface area contributed by atoms with Gasteiger partial charge in [0.15, 0.2) is 11.5 Å². The monoisotopic (exact) mass is 368 g/mol. The summed E-state index contributed by atoms with van der Waals surface area (Å²) in [6.45, 7) is 3.57. The summed E-state index contributed by atoms with van der Waals surface area (Å²) in [7, 11) is -0.652. The molecule has 0 aromatic heterocycles. The van der Waals surface area contributed by atoms with E-state index in [1.165, 1.54) is 30.7 Å². The van der Waals surface area contributed by atoms with Crippen molar-refractivity contribution in [2.24, 2.45) is 11.8 Å². The van der Waals surface area contributed by atoms with Gasteiger partial charge in [0.1, 0.15) is 0 Å². The van der Waals surface area contributed by atoms with Gasteiger partial charge in [0, 0.05) is 38.2 Å². The Morgan fingerprint density at radius 1 is 1.08 bits per heavy atom. The predicted molar refractivity (Wildman–Crippen MR) is 92.2 cm³/mol. The number of carbonyl (C=O) groups excluding carboxylic acids is 1. The molecule has 1 aromatic rings. The van der Waals surface area contributed by atoms with Crippen LogP contribution in [0.3, 0.4) is 0 Å². The van der Waals surface area contributed by atoms with Crippen LogP contribution in [0, 0.1) is 11.8 Å². The Bertz CT molecular complexity index is 756. The second kappa shape index (κ2) is 6.84. The summed E-state index contributed by atoms with van der Waals surface area (Å²) in [4.78, 5) is 14.2. The van der Waals surface area contributed by atoms with E-state index in [9.17, 15) is 13.2 Å². The fourth-order valence-corrected chi connectivity index (χ4v) is 4.61. The fourth-order valence-electron chi connectivity index (χ4n) is 3.18. The van der Waals surface area contributed by atoms with E-state index in [0.717, 1.165) is 6.42 Å². The van der Waals surface area contributed by atoms with Crippen molar-refractivity contribution >= 4 is 15.9 Å². The first-order valence-electron chi connectivity index (χ1n) is 8.39. The number of nitrogens with zero attached hydrogens (tertiary/aromatic N) is 2. The predicted octanol–water partition coefficient (Wildman–Crippen LogP) is 1.19. The average molecular weight is 368 g/mol. The quantitative estimate of drug-likeness (QED) is 0.780. The van der Waals surface area contributed by atoms with E-state index < -0.39 is 10.0 Å². The molecule has 0 bridgehead atoms. The molecule has 1 saturated carbocycles. The largest absolute Gasteiger partial charge is 0.493 e. The van der Waals surface area contributed by atoms with Crippen molar-refractivity contribution in [2.75, 3.05) is 40.4 Å². The normalized spacial score (nSPS) is 24.0. The molecule has 8 heteroatoms. The summed E-state index contributed by atoms with van der Waals surface area (Å²) >= 11 is 0. The van der Waals surface area contributed by atoms with Crippen molar-refractivity contribution < 1.29 is 22.7 Å². The van der Waals surface area contributed by atoms with Crippen LogP contribution < -0.4 is 9.47 Å². The summed E-state index contributed by atoms with van der Waals surface area (Å²) in [6, 6.07) is 4.57. The first kappa shape index (κ1) is 18.0. The minimum absolute atomic E-state index is 0.133. The lowest BCUT2D eigenvalue weighted by Gasteiger charge is -2.34. The average Bonchev–Trinajstić information content (AvgIpc) is 3.37. The van der Waals surface area contributed by atoms with Crippen LogP contribution in [0.2, 0.25) is 0 Å². The second-order valence-corrected chi connectivity index (χ2v) is 8.50. The highest BCUT2D eigenvalue weighted by Crippen LogP contribution is 2.39. The number of benzene rings is 1. The fraction of sp³-hybridized carbons (Fsp3) is 0.588. The molecule has 0 radical (unpaired) electrons. The minimum Gasteiger partial charge on any atom is -0.493 e. The molecule has 1 heterocycles. The number of amides is 1. The number of piperazine rings is 1. The van der Waals surface area contributed by atoms with E-state index in [4.69, 9.17) is 9.47 Å². The summed E-state index contributed by atoms with van der Waals surface area (Å²) in [5.74, 6) is 1.61. The van der Waals surface area contributed by atoms with Crippen molar-refractivity contribution in [1.82, 2.24) is 9.21 Å². The summed E-state index contributed by atoms with van der Waals surface area (Å²) in [6.07, 6.45) is 0.947. The minimum atomic E-state index is -3.62. The molecule has 25 heavy (non-hydrogen) atoms. The van der Waals surface area contributed by atoms with Crippen LogP contribution in [0.25, 0.3) is 0 Å². The zero-order chi connectivity index (χ0) is 18.2. The summed E-state index contributed by atoms with van der Waals surface area (Å²) in [5, 5.41) is 0. The third-order valence-electron chi connectivity index (χ3n) is 4.97. The topological polar surface area (TPSA) is 76.2 Å². The summed E-state index contributed by atoms with van der Waals surface area (Å²) in [5.41, 5.74) is 0. The lowest BCUT2D eigenvalue weighted by atomic mass is 10.2. The first-order chi connectivity index (χ1) is 11.9. The molecule has 1 aromatic carbocycles. The van der Waals surface area contributed by atoms with Crippen molar-refractivity contribution in [3.05, 3.63) is 18.2 Å². The highest BCUT2D eigenvalue weighted by Gasteiger charge is 2.42. The lowest BCUT2D eigenvalue weighted by Crippen LogP contribution is -2.51. The van der Waals surface area contributed by atoms with Crippen LogP contribution in [0.5, 0.6) is 11.5 Å². The van der Waals surface area contributed by atoms with Gasteiger partial charge in [-0.2, -0.15) is 4.31 Å². The molecule has 1 saturated heterocycles. The van der Waals surface area contributed by atoms with Gasteiger partial charge in [0.05, 0.1) is 19.1 Å². The Labute approximate surface area is 148 Å². The zero-order valence-electron chi connectivity index (χ0n) is 14.8. The van der Waals surface area contributed by atoms with Crippen LogP contribution in [-0.2, 0) is 14.8 Å². The first-order valence-corrected chi connectivity index (χ1v) is 9.83. The van der Waals surface area contributed by atoms with E-state index in [1.54, 1.807) is 11.0 Å². The number of rotatable bonds is 5. The maximum absolute atomic E-state index is 12.9. The van der Waals surface area contributed by atoms with Gasteiger partial charge in [-0.15, -0.1) is 0 Å². The molecule has 0 spiro atoms. The van der Waals surface area contributed by atoms with Gasteiger partial charge in [-0.3, -0.25) is 4.79 Å². The molecule has 2 aliphatic rings. The van der Waals surface area contributed by atoms with Gasteiger partial charge in [-0.1, -0.05) is 6.92 Å². The second-order valence-electron chi connectivity index (χ2n) is 6.57. The van der Waals surface area contributed by atoms with E-state index in [0.29, 0.717) is 43.6 Å². The highest BCUT2D eigenvalue weighted by molar-refractivity contribution is 7.89. The van der Waals surface area contributed by atoms with Crippen molar-refractivity contribution in [2.45, 2.75) is 18.2 Å². The Hall–Kier alpha value is -1.80. The number of hydrogen-bond donors (Lipinski definition) is 0. The molecule has 1 aliphatic carbocycles. The molecule has 2 fully saturated rings. The third-order valence-corrected chi connectivity index (χ3v) is 6.86. The van der Waals surface area contributed by atoms with Gasteiger partial charge >= 0.3 is 0 Å². The smallest absolute Gasteiger partial charge is 0.243 e. The van der Waals surface area contributed by atoms with Gasteiger partial charge in [0.2, 0.25) is 15.9 Å². The summed E-state index contributed by atoms with van der Waals surface area (Å²) < 4.78 is 37.5. The van der Waals surface area contributed by atoms with Gasteiger partial charge in [-0.05, 0) is 24.5 Å². The molecule has 7 nitrogen and oxygen atoms in total. The van der Waals surface area contributed by atoms with Crippen LogP contribution in [-0.4, -0.2) is 63.9 Å². The molecule has 3 rings (SSSR count). The van der Waals surface area contributed by atoms with E-state index in [1.807, 2.05) is 0 Å². The van der Waals surface area contributed by atoms with Crippen LogP contribution in [0.4, 0.5) is 0 Å². The molecule has 0 N–H and O–H groups in total. The molecule has 1 amide bonds. The van der Waals surface area contributed by atoms with Crippen molar-refractivity contribution in [3.8, 4) is 11.5 Å². The molecule has 138 valence electrons. The van der Waals surface area contributed by atoms with Crippen LogP contribution >= 0.6 is 0 Å². The maximum atomic E-state index is 12.9. The molecular formula is C17H24N2O5S. The Morgan fingerprint density at radius 2 is 1.68 bits per heavy atom. The van der Waals surface area contributed by atoms with Crippen LogP contribution in [0.1, 0.15) is 13.3 Å². The Kier molecular flexibility index (Phi) is 4.92. The SMILES string of the molecule is COc1ccc(S(=O)(=O)N2CCN(C(=O)[C@@H]3C[C@@H]3C)CC2)cc1OC. The van der Waals surface area contributed by atoms with Crippen molar-refractivity contribution in [1.29, 1.82) is 0 Å². The standard InChI is InChI=1S/C17H24N2O5S/c1-12-10-14(12)17(20)18-6-8-19(9-7-18)25(21,22)13-4-5-15(23-2)16(11-13)24-3/h4-5,11-12,14H,6-10H2,1-3H3/t12-,14+/m0/s1. The van der Waals surface area contributed by atoms with Gasteiger partial charge in [0.25, 0.3) is 0 Å². The van der Waals surface area contributed by atoms with Crippen molar-refractivity contribution in [3.63, 3.8) is 0 Å². The van der Waals surface area contributed by atoms with Gasteiger partial charge in [-0.25, -0.2) is 8.42 Å². The van der Waals surface area contributed by atoms with E-state index in [-0.39, 0.29) is 16.7 Å². The maximum Gasteiger partial charge on any atom is 0.243 e. The number of ether oxygens (including phenoxy) is 2. The lowest BCUT2D eigenvalue weighted by molar-refractivity contribution is -0.134. The number of sulfonamides is 1. The van der Waals surface area contributed by atoms with Gasteiger partial charge < -0.3 is 14.4 Å². The number of methoxy groups -OCH3 is 2. The molecule has 2 atom stereocenters.